The molecular weight excluding hydrogens is 342 g/mol. The molecule has 0 fully saturated rings. The predicted octanol–water partition coefficient (Wildman–Crippen LogP) is 2.15. The lowest BCUT2D eigenvalue weighted by atomic mass is 9.95. The van der Waals surface area contributed by atoms with Gasteiger partial charge >= 0.3 is 0 Å². The van der Waals surface area contributed by atoms with Crippen molar-refractivity contribution in [2.45, 2.75) is 0 Å². The molecule has 1 aliphatic heterocycles. The van der Waals surface area contributed by atoms with Crippen LogP contribution in [0.2, 0.25) is 0 Å². The zero-order chi connectivity index (χ0) is 18.8. The summed E-state index contributed by atoms with van der Waals surface area (Å²) in [5, 5.41) is 6.07. The van der Waals surface area contributed by atoms with E-state index in [1.807, 2.05) is 30.3 Å². The van der Waals surface area contributed by atoms with Crippen molar-refractivity contribution in [3.8, 4) is 11.1 Å². The van der Waals surface area contributed by atoms with Crippen LogP contribution in [-0.2, 0) is 4.79 Å². The molecule has 3 aromatic rings. The molecule has 0 saturated carbocycles. The number of hydrogen-bond acceptors (Lipinski definition) is 7. The lowest BCUT2D eigenvalue weighted by molar-refractivity contribution is -0.111. The molecule has 8 nitrogen and oxygen atoms in total. The summed E-state index contributed by atoms with van der Waals surface area (Å²) in [6, 6.07) is 7.71. The third-order valence-corrected chi connectivity index (χ3v) is 4.18. The van der Waals surface area contributed by atoms with E-state index in [9.17, 15) is 4.79 Å². The molecule has 0 aliphatic carbocycles. The molecule has 27 heavy (non-hydrogen) atoms. The summed E-state index contributed by atoms with van der Waals surface area (Å²) in [7, 11) is 0. The average molecular weight is 359 g/mol. The zero-order valence-electron chi connectivity index (χ0n) is 14.3. The Morgan fingerprint density at radius 2 is 1.85 bits per heavy atom. The van der Waals surface area contributed by atoms with Gasteiger partial charge in [0.1, 0.15) is 0 Å². The summed E-state index contributed by atoms with van der Waals surface area (Å²) < 4.78 is 0. The van der Waals surface area contributed by atoms with Crippen molar-refractivity contribution in [1.82, 2.24) is 15.0 Å². The highest BCUT2D eigenvalue weighted by molar-refractivity contribution is 6.27. The molecule has 1 aromatic carbocycles. The number of carbonyl (C=O) groups excluding carboxylic acids is 1. The van der Waals surface area contributed by atoms with Crippen LogP contribution in [-0.4, -0.2) is 27.4 Å². The van der Waals surface area contributed by atoms with Crippen molar-refractivity contribution in [1.29, 1.82) is 0 Å². The molecule has 8 heteroatoms. The standard InChI is InChI=1S/C19H17N7O/c20-13-5-12(7-22-8-13)11-1-2-17-16(6-11)15(3-4-23-17)18(27)26-14-9-24-19(21)25-10-14/h1-3,5-10,23H,4,20H2,(H,26,27)(H2,21,24,25). The van der Waals surface area contributed by atoms with Gasteiger partial charge in [0, 0.05) is 41.3 Å². The van der Waals surface area contributed by atoms with Gasteiger partial charge in [-0.05, 0) is 23.8 Å². The molecule has 0 bridgehead atoms. The molecular formula is C19H17N7O. The van der Waals surface area contributed by atoms with Crippen LogP contribution >= 0.6 is 0 Å². The smallest absolute Gasteiger partial charge is 0.256 e. The Balaban J connectivity index is 1.66. The van der Waals surface area contributed by atoms with Crippen LogP contribution in [0.1, 0.15) is 5.56 Å². The van der Waals surface area contributed by atoms with Crippen LogP contribution in [0.25, 0.3) is 16.7 Å². The Morgan fingerprint density at radius 1 is 1.04 bits per heavy atom. The summed E-state index contributed by atoms with van der Waals surface area (Å²) in [6.45, 7) is 0.563. The Morgan fingerprint density at radius 3 is 2.63 bits per heavy atom. The Labute approximate surface area is 155 Å². The number of aromatic nitrogens is 3. The molecule has 0 atom stereocenters. The Kier molecular flexibility index (Phi) is 4.13. The maximum atomic E-state index is 12.8. The van der Waals surface area contributed by atoms with Gasteiger partial charge in [-0.2, -0.15) is 0 Å². The SMILES string of the molecule is Nc1cncc(-c2ccc3c(c2)C(C(=O)Nc2cnc(N)nc2)=CCN3)c1. The van der Waals surface area contributed by atoms with E-state index in [1.54, 1.807) is 12.4 Å². The molecule has 1 aliphatic rings. The maximum absolute atomic E-state index is 12.8. The minimum atomic E-state index is -0.242. The monoisotopic (exact) mass is 359 g/mol. The molecule has 4 rings (SSSR count). The van der Waals surface area contributed by atoms with Crippen molar-refractivity contribution in [2.24, 2.45) is 0 Å². The van der Waals surface area contributed by atoms with Gasteiger partial charge in [-0.1, -0.05) is 12.1 Å². The van der Waals surface area contributed by atoms with Crippen LogP contribution in [0.4, 0.5) is 23.0 Å². The van der Waals surface area contributed by atoms with E-state index >= 15 is 0 Å². The molecule has 2 aromatic heterocycles. The predicted molar refractivity (Wildman–Crippen MR) is 106 cm³/mol. The summed E-state index contributed by atoms with van der Waals surface area (Å²) in [6.07, 6.45) is 8.12. The first-order valence-corrected chi connectivity index (χ1v) is 8.28. The second kappa shape index (κ2) is 6.75. The molecule has 1 amide bonds. The van der Waals surface area contributed by atoms with E-state index in [-0.39, 0.29) is 11.9 Å². The maximum Gasteiger partial charge on any atom is 0.256 e. The number of nitrogens with one attached hydrogen (secondary N) is 2. The number of pyridine rings is 1. The van der Waals surface area contributed by atoms with Gasteiger partial charge in [0.25, 0.3) is 5.91 Å². The topological polar surface area (TPSA) is 132 Å². The molecule has 0 unspecified atom stereocenters. The highest BCUT2D eigenvalue weighted by Gasteiger charge is 2.20. The number of nitrogens with two attached hydrogens (primary N) is 2. The number of rotatable bonds is 3. The molecule has 3 heterocycles. The van der Waals surface area contributed by atoms with Gasteiger partial charge in [-0.25, -0.2) is 9.97 Å². The number of anilines is 4. The zero-order valence-corrected chi connectivity index (χ0v) is 14.3. The lowest BCUT2D eigenvalue weighted by Gasteiger charge is -2.20. The van der Waals surface area contributed by atoms with Crippen molar-refractivity contribution >= 4 is 34.5 Å². The summed E-state index contributed by atoms with van der Waals surface area (Å²) in [4.78, 5) is 24.7. The molecule has 0 spiro atoms. The highest BCUT2D eigenvalue weighted by Crippen LogP contribution is 2.33. The molecule has 134 valence electrons. The van der Waals surface area contributed by atoms with Crippen LogP contribution in [0.15, 0.2) is 55.1 Å². The third-order valence-electron chi connectivity index (χ3n) is 4.18. The summed E-state index contributed by atoms with van der Waals surface area (Å²) >= 11 is 0. The van der Waals surface area contributed by atoms with E-state index in [0.717, 1.165) is 22.4 Å². The lowest BCUT2D eigenvalue weighted by Crippen LogP contribution is -2.19. The molecule has 0 saturated heterocycles. The van der Waals surface area contributed by atoms with E-state index < -0.39 is 0 Å². The summed E-state index contributed by atoms with van der Waals surface area (Å²) in [5.41, 5.74) is 16.4. The fraction of sp³-hybridized carbons (Fsp3) is 0.0526. The van der Waals surface area contributed by atoms with Crippen LogP contribution < -0.4 is 22.1 Å². The van der Waals surface area contributed by atoms with Crippen LogP contribution in [0.3, 0.4) is 0 Å². The largest absolute Gasteiger partial charge is 0.397 e. The highest BCUT2D eigenvalue weighted by atomic mass is 16.1. The normalized spacial score (nSPS) is 12.5. The van der Waals surface area contributed by atoms with E-state index in [0.29, 0.717) is 23.5 Å². The number of nitrogens with zero attached hydrogens (tertiary/aromatic N) is 3. The molecule has 6 N–H and O–H groups in total. The van der Waals surface area contributed by atoms with Crippen LogP contribution in [0.5, 0.6) is 0 Å². The first-order valence-electron chi connectivity index (χ1n) is 8.28. The van der Waals surface area contributed by atoms with Crippen LogP contribution in [0, 0.1) is 0 Å². The first-order chi connectivity index (χ1) is 13.1. The van der Waals surface area contributed by atoms with Gasteiger partial charge in [0.15, 0.2) is 0 Å². The summed E-state index contributed by atoms with van der Waals surface area (Å²) in [5.74, 6) is -0.0891. The molecule has 0 radical (unpaired) electrons. The minimum Gasteiger partial charge on any atom is -0.397 e. The number of carbonyl (C=O) groups is 1. The van der Waals surface area contributed by atoms with Gasteiger partial charge < -0.3 is 22.1 Å². The minimum absolute atomic E-state index is 0.153. The van der Waals surface area contributed by atoms with Gasteiger partial charge in [0.05, 0.1) is 23.8 Å². The Hall–Kier alpha value is -3.94. The number of fused-ring (bicyclic) bond motifs is 1. The fourth-order valence-electron chi connectivity index (χ4n) is 2.91. The van der Waals surface area contributed by atoms with E-state index in [4.69, 9.17) is 11.5 Å². The van der Waals surface area contributed by atoms with Gasteiger partial charge in [-0.15, -0.1) is 0 Å². The second-order valence-electron chi connectivity index (χ2n) is 6.05. The average Bonchev–Trinajstić information content (AvgIpc) is 2.69. The van der Waals surface area contributed by atoms with E-state index in [1.165, 1.54) is 12.4 Å². The van der Waals surface area contributed by atoms with Crippen molar-refractivity contribution in [2.75, 3.05) is 28.6 Å². The first kappa shape index (κ1) is 16.5. The number of amides is 1. The van der Waals surface area contributed by atoms with Crippen molar-refractivity contribution in [3.05, 3.63) is 60.7 Å². The number of hydrogen-bond donors (Lipinski definition) is 4. The van der Waals surface area contributed by atoms with Gasteiger partial charge in [0.2, 0.25) is 5.95 Å². The second-order valence-corrected chi connectivity index (χ2v) is 6.05. The number of nitrogen functional groups attached to an aromatic ring is 2. The number of benzene rings is 1. The van der Waals surface area contributed by atoms with Crippen molar-refractivity contribution < 1.29 is 4.79 Å². The fourth-order valence-corrected chi connectivity index (χ4v) is 2.91. The van der Waals surface area contributed by atoms with E-state index in [2.05, 4.69) is 25.6 Å². The quantitative estimate of drug-likeness (QED) is 0.563. The van der Waals surface area contributed by atoms with Crippen molar-refractivity contribution in [3.63, 3.8) is 0 Å². The van der Waals surface area contributed by atoms with Gasteiger partial charge in [-0.3, -0.25) is 9.78 Å². The third kappa shape index (κ3) is 3.40. The Bertz CT molecular complexity index is 1040.